The summed E-state index contributed by atoms with van der Waals surface area (Å²) in [5.41, 5.74) is 1.000. The van der Waals surface area contributed by atoms with E-state index in [1.54, 1.807) is 38.1 Å². The first-order valence-electron chi connectivity index (χ1n) is 7.94. The minimum Gasteiger partial charge on any atom is -0.322 e. The van der Waals surface area contributed by atoms with Gasteiger partial charge >= 0.3 is 0 Å². The molecule has 0 saturated heterocycles. The minimum absolute atomic E-state index is 0.00979. The lowest BCUT2D eigenvalue weighted by atomic mass is 10.2. The fraction of sp³-hybridized carbons (Fsp3) is 0.222. The van der Waals surface area contributed by atoms with E-state index in [0.717, 1.165) is 0 Å². The van der Waals surface area contributed by atoms with E-state index < -0.39 is 15.9 Å². The van der Waals surface area contributed by atoms with Crippen LogP contribution in [0.4, 0.5) is 5.69 Å². The van der Waals surface area contributed by atoms with Gasteiger partial charge in [0.05, 0.1) is 27.1 Å². The number of carbonyl (C=O) groups excluding carboxylic acids is 1. The molecular formula is C18H18ClN3O3S. The van der Waals surface area contributed by atoms with E-state index in [4.69, 9.17) is 16.9 Å². The Bertz CT molecular complexity index is 947. The molecule has 0 heterocycles. The van der Waals surface area contributed by atoms with E-state index >= 15 is 0 Å². The number of anilines is 1. The highest BCUT2D eigenvalue weighted by atomic mass is 35.5. The lowest BCUT2D eigenvalue weighted by Crippen LogP contribution is -2.30. The molecule has 136 valence electrons. The molecule has 0 bridgehead atoms. The number of nitriles is 1. The summed E-state index contributed by atoms with van der Waals surface area (Å²) in [5.74, 6) is -0.531. The average Bonchev–Trinajstić information content (AvgIpc) is 2.63. The zero-order chi connectivity index (χ0) is 19.3. The molecule has 2 aromatic carbocycles. The summed E-state index contributed by atoms with van der Waals surface area (Å²) in [7, 11) is -3.70. The third-order valence-electron chi connectivity index (χ3n) is 3.80. The number of nitrogens with one attached hydrogen (secondary N) is 1. The molecule has 0 aliphatic carbocycles. The van der Waals surface area contributed by atoms with Crippen LogP contribution in [0.3, 0.4) is 0 Å². The monoisotopic (exact) mass is 391 g/mol. The van der Waals surface area contributed by atoms with Gasteiger partial charge in [-0.25, -0.2) is 8.42 Å². The van der Waals surface area contributed by atoms with Crippen molar-refractivity contribution in [1.29, 1.82) is 5.26 Å². The van der Waals surface area contributed by atoms with Crippen molar-refractivity contribution in [3.63, 3.8) is 0 Å². The SMILES string of the molecule is CCN(CC)S(=O)(=O)c1ccc(Cl)c(C(=O)Nc2ccc(C#N)cc2)c1. The Kier molecular flexibility index (Phi) is 6.37. The number of halogens is 1. The van der Waals surface area contributed by atoms with Gasteiger partial charge in [-0.15, -0.1) is 0 Å². The molecule has 2 aromatic rings. The van der Waals surface area contributed by atoms with Gasteiger partial charge in [-0.2, -0.15) is 9.57 Å². The molecule has 0 fully saturated rings. The van der Waals surface area contributed by atoms with Crippen molar-refractivity contribution in [3.8, 4) is 6.07 Å². The Balaban J connectivity index is 2.34. The van der Waals surface area contributed by atoms with Crippen LogP contribution in [0.15, 0.2) is 47.4 Å². The van der Waals surface area contributed by atoms with Gasteiger partial charge in [-0.3, -0.25) is 4.79 Å². The van der Waals surface area contributed by atoms with Gasteiger partial charge in [-0.05, 0) is 42.5 Å². The average molecular weight is 392 g/mol. The predicted molar refractivity (Wildman–Crippen MR) is 101 cm³/mol. The van der Waals surface area contributed by atoms with Crippen LogP contribution in [0, 0.1) is 11.3 Å². The molecule has 0 atom stereocenters. The molecule has 8 heteroatoms. The van der Waals surface area contributed by atoms with Crippen molar-refractivity contribution in [2.45, 2.75) is 18.7 Å². The van der Waals surface area contributed by atoms with Crippen molar-refractivity contribution in [2.24, 2.45) is 0 Å². The number of hydrogen-bond donors (Lipinski definition) is 1. The first kappa shape index (κ1) is 19.9. The first-order valence-corrected chi connectivity index (χ1v) is 9.76. The number of sulfonamides is 1. The number of amides is 1. The van der Waals surface area contributed by atoms with Crippen LogP contribution in [-0.4, -0.2) is 31.7 Å². The first-order chi connectivity index (χ1) is 12.3. The lowest BCUT2D eigenvalue weighted by molar-refractivity contribution is 0.102. The summed E-state index contributed by atoms with van der Waals surface area (Å²) in [6.45, 7) is 4.15. The third-order valence-corrected chi connectivity index (χ3v) is 6.17. The van der Waals surface area contributed by atoms with Gasteiger partial charge in [0.25, 0.3) is 5.91 Å². The Labute approximate surface area is 158 Å². The Morgan fingerprint density at radius 1 is 1.15 bits per heavy atom. The van der Waals surface area contributed by atoms with Crippen molar-refractivity contribution in [3.05, 3.63) is 58.6 Å². The molecular weight excluding hydrogens is 374 g/mol. The van der Waals surface area contributed by atoms with Gasteiger partial charge < -0.3 is 5.32 Å². The second kappa shape index (κ2) is 8.32. The standard InChI is InChI=1S/C18H18ClN3O3S/c1-3-22(4-2)26(24,25)15-9-10-17(19)16(11-15)18(23)21-14-7-5-13(12-20)6-8-14/h5-11H,3-4H2,1-2H3,(H,21,23). The molecule has 0 aliphatic heterocycles. The zero-order valence-corrected chi connectivity index (χ0v) is 15.9. The number of benzene rings is 2. The highest BCUT2D eigenvalue weighted by Gasteiger charge is 2.23. The van der Waals surface area contributed by atoms with Crippen molar-refractivity contribution < 1.29 is 13.2 Å². The van der Waals surface area contributed by atoms with Crippen LogP contribution in [0.5, 0.6) is 0 Å². The molecule has 0 aromatic heterocycles. The van der Waals surface area contributed by atoms with Crippen LogP contribution in [0.25, 0.3) is 0 Å². The second-order valence-electron chi connectivity index (χ2n) is 5.37. The van der Waals surface area contributed by atoms with E-state index in [9.17, 15) is 13.2 Å². The predicted octanol–water partition coefficient (Wildman–Crippen LogP) is 3.49. The van der Waals surface area contributed by atoms with Crippen LogP contribution in [0.1, 0.15) is 29.8 Å². The van der Waals surface area contributed by atoms with Crippen molar-refractivity contribution >= 4 is 33.2 Å². The van der Waals surface area contributed by atoms with E-state index in [-0.39, 0.29) is 15.5 Å². The van der Waals surface area contributed by atoms with E-state index in [0.29, 0.717) is 24.3 Å². The smallest absolute Gasteiger partial charge is 0.257 e. The molecule has 0 unspecified atom stereocenters. The maximum Gasteiger partial charge on any atom is 0.257 e. The third kappa shape index (κ3) is 4.22. The number of carbonyl (C=O) groups is 1. The number of rotatable bonds is 6. The van der Waals surface area contributed by atoms with Gasteiger partial charge in [0.1, 0.15) is 0 Å². The summed E-state index contributed by atoms with van der Waals surface area (Å²) < 4.78 is 26.6. The van der Waals surface area contributed by atoms with Gasteiger partial charge in [0.15, 0.2) is 0 Å². The molecule has 6 nitrogen and oxygen atoms in total. The second-order valence-corrected chi connectivity index (χ2v) is 7.72. The molecule has 1 amide bonds. The van der Waals surface area contributed by atoms with Gasteiger partial charge in [0.2, 0.25) is 10.0 Å². The quantitative estimate of drug-likeness (QED) is 0.815. The number of hydrogen-bond acceptors (Lipinski definition) is 4. The normalized spacial score (nSPS) is 11.2. The Morgan fingerprint density at radius 3 is 2.31 bits per heavy atom. The molecule has 0 spiro atoms. The van der Waals surface area contributed by atoms with E-state index in [1.807, 2.05) is 6.07 Å². The zero-order valence-electron chi connectivity index (χ0n) is 14.4. The molecule has 2 rings (SSSR count). The van der Waals surface area contributed by atoms with Crippen LogP contribution in [0.2, 0.25) is 5.02 Å². The summed E-state index contributed by atoms with van der Waals surface area (Å²) in [4.78, 5) is 12.5. The van der Waals surface area contributed by atoms with E-state index in [2.05, 4.69) is 5.32 Å². The Morgan fingerprint density at radius 2 is 1.77 bits per heavy atom. The van der Waals surface area contributed by atoms with Crippen molar-refractivity contribution in [1.82, 2.24) is 4.31 Å². The lowest BCUT2D eigenvalue weighted by Gasteiger charge is -2.19. The van der Waals surface area contributed by atoms with Crippen molar-refractivity contribution in [2.75, 3.05) is 18.4 Å². The minimum atomic E-state index is -3.70. The Hall–Kier alpha value is -2.40. The van der Waals surface area contributed by atoms with Gasteiger partial charge in [-0.1, -0.05) is 25.4 Å². The molecule has 1 N–H and O–H groups in total. The van der Waals surface area contributed by atoms with Gasteiger partial charge in [0, 0.05) is 18.8 Å². The van der Waals surface area contributed by atoms with Crippen LogP contribution in [-0.2, 0) is 10.0 Å². The topological polar surface area (TPSA) is 90.3 Å². The molecule has 0 radical (unpaired) electrons. The fourth-order valence-electron chi connectivity index (χ4n) is 2.38. The van der Waals surface area contributed by atoms with Crippen LogP contribution >= 0.6 is 11.6 Å². The summed E-state index contributed by atoms with van der Waals surface area (Å²) in [6.07, 6.45) is 0. The summed E-state index contributed by atoms with van der Waals surface area (Å²) >= 11 is 6.09. The maximum atomic E-state index is 12.6. The largest absolute Gasteiger partial charge is 0.322 e. The highest BCUT2D eigenvalue weighted by molar-refractivity contribution is 7.89. The summed E-state index contributed by atoms with van der Waals surface area (Å²) in [5, 5.41) is 11.6. The summed E-state index contributed by atoms with van der Waals surface area (Å²) in [6, 6.07) is 12.3. The fourth-order valence-corrected chi connectivity index (χ4v) is 4.07. The number of nitrogens with zero attached hydrogens (tertiary/aromatic N) is 2. The van der Waals surface area contributed by atoms with E-state index in [1.165, 1.54) is 22.5 Å². The molecule has 0 saturated carbocycles. The van der Waals surface area contributed by atoms with Crippen LogP contribution < -0.4 is 5.32 Å². The highest BCUT2D eigenvalue weighted by Crippen LogP contribution is 2.24. The molecule has 26 heavy (non-hydrogen) atoms. The molecule has 0 aliphatic rings. The maximum absolute atomic E-state index is 12.6.